The number of nitrogens with zero attached hydrogens (tertiary/aromatic N) is 2. The molecule has 2 aromatic rings. The molecule has 26 heavy (non-hydrogen) atoms. The van der Waals surface area contributed by atoms with Crippen LogP contribution in [0.1, 0.15) is 30.1 Å². The average Bonchev–Trinajstić information content (AvgIpc) is 2.63. The molecule has 0 bridgehead atoms. The van der Waals surface area contributed by atoms with Crippen molar-refractivity contribution in [3.05, 3.63) is 64.0 Å². The van der Waals surface area contributed by atoms with Crippen LogP contribution in [0, 0.1) is 21.8 Å². The highest BCUT2D eigenvalue weighted by Crippen LogP contribution is 2.32. The van der Waals surface area contributed by atoms with Gasteiger partial charge in [-0.25, -0.2) is 4.39 Å². The van der Waals surface area contributed by atoms with Crippen LogP contribution < -0.4 is 10.2 Å². The summed E-state index contributed by atoms with van der Waals surface area (Å²) in [5.74, 6) is -0.682. The van der Waals surface area contributed by atoms with E-state index < -0.39 is 16.6 Å². The van der Waals surface area contributed by atoms with Crippen molar-refractivity contribution < 1.29 is 14.1 Å². The van der Waals surface area contributed by atoms with E-state index in [4.69, 9.17) is 0 Å². The fraction of sp³-hybridized carbons (Fsp3) is 0.316. The van der Waals surface area contributed by atoms with Crippen LogP contribution in [-0.4, -0.2) is 23.9 Å². The minimum absolute atomic E-state index is 0.0362. The smallest absolute Gasteiger partial charge is 0.293 e. The van der Waals surface area contributed by atoms with Crippen molar-refractivity contribution in [1.82, 2.24) is 0 Å². The molecule has 0 unspecified atom stereocenters. The monoisotopic (exact) mass is 357 g/mol. The fourth-order valence-electron chi connectivity index (χ4n) is 3.24. The number of nitrogens with one attached hydrogen (secondary N) is 1. The maximum Gasteiger partial charge on any atom is 0.293 e. The Morgan fingerprint density at radius 1 is 1.31 bits per heavy atom. The molecular weight excluding hydrogens is 337 g/mol. The first-order valence-corrected chi connectivity index (χ1v) is 8.55. The van der Waals surface area contributed by atoms with Gasteiger partial charge in [0.25, 0.3) is 11.6 Å². The lowest BCUT2D eigenvalue weighted by atomic mass is 9.99. The summed E-state index contributed by atoms with van der Waals surface area (Å²) < 4.78 is 13.7. The van der Waals surface area contributed by atoms with E-state index in [1.165, 1.54) is 30.3 Å². The zero-order chi connectivity index (χ0) is 18.7. The number of carbonyl (C=O) groups excluding carboxylic acids is 1. The number of nitro benzene ring substituents is 1. The maximum absolute atomic E-state index is 13.7. The number of benzene rings is 2. The molecule has 6 nitrogen and oxygen atoms in total. The third-order valence-electron chi connectivity index (χ3n) is 4.55. The second-order valence-electron chi connectivity index (χ2n) is 6.59. The Hall–Kier alpha value is -2.96. The third kappa shape index (κ3) is 3.82. The highest BCUT2D eigenvalue weighted by Gasteiger charge is 2.25. The van der Waals surface area contributed by atoms with E-state index >= 15 is 0 Å². The lowest BCUT2D eigenvalue weighted by Gasteiger charge is -2.32. The Balaban J connectivity index is 1.87. The van der Waals surface area contributed by atoms with Gasteiger partial charge in [0, 0.05) is 24.7 Å². The van der Waals surface area contributed by atoms with Crippen LogP contribution in [0.5, 0.6) is 0 Å². The van der Waals surface area contributed by atoms with Crippen molar-refractivity contribution in [2.45, 2.75) is 19.8 Å². The van der Waals surface area contributed by atoms with Gasteiger partial charge in [0.05, 0.1) is 10.6 Å². The predicted octanol–water partition coefficient (Wildman–Crippen LogP) is 4.22. The van der Waals surface area contributed by atoms with Crippen molar-refractivity contribution in [2.75, 3.05) is 23.3 Å². The average molecular weight is 357 g/mol. The summed E-state index contributed by atoms with van der Waals surface area (Å²) in [5, 5.41) is 14.0. The number of hydrogen-bond donors (Lipinski definition) is 1. The topological polar surface area (TPSA) is 75.5 Å². The van der Waals surface area contributed by atoms with Crippen LogP contribution in [0.15, 0.2) is 42.5 Å². The van der Waals surface area contributed by atoms with Gasteiger partial charge in [0.1, 0.15) is 11.5 Å². The van der Waals surface area contributed by atoms with Gasteiger partial charge in [-0.1, -0.05) is 19.1 Å². The molecule has 0 saturated carbocycles. The molecule has 1 atom stereocenters. The van der Waals surface area contributed by atoms with Gasteiger partial charge in [-0.3, -0.25) is 14.9 Å². The molecule has 1 aliphatic rings. The Morgan fingerprint density at radius 2 is 2.08 bits per heavy atom. The van der Waals surface area contributed by atoms with Crippen molar-refractivity contribution in [1.29, 1.82) is 0 Å². The molecular formula is C19H20FN3O3. The standard InChI is InChI=1S/C19H20FN3O3/c1-13-5-4-10-22(12-13)17-9-8-14(11-18(17)23(25)26)19(24)21-16-7-3-2-6-15(16)20/h2-3,6-9,11,13H,4-5,10,12H2,1H3,(H,21,24)/t13-/m1/s1. The highest BCUT2D eigenvalue weighted by molar-refractivity contribution is 6.05. The van der Waals surface area contributed by atoms with E-state index in [1.54, 1.807) is 12.1 Å². The van der Waals surface area contributed by atoms with Gasteiger partial charge in [-0.15, -0.1) is 0 Å². The van der Waals surface area contributed by atoms with Crippen molar-refractivity contribution in [3.8, 4) is 0 Å². The molecule has 0 radical (unpaired) electrons. The summed E-state index contributed by atoms with van der Waals surface area (Å²) in [7, 11) is 0. The first-order chi connectivity index (χ1) is 12.5. The molecule has 0 spiro atoms. The number of nitro groups is 1. The SMILES string of the molecule is C[C@@H]1CCCN(c2ccc(C(=O)Nc3ccccc3F)cc2[N+](=O)[O-])C1. The summed E-state index contributed by atoms with van der Waals surface area (Å²) in [5.41, 5.74) is 0.562. The largest absolute Gasteiger partial charge is 0.366 e. The van der Waals surface area contributed by atoms with Crippen LogP contribution >= 0.6 is 0 Å². The quantitative estimate of drug-likeness (QED) is 0.656. The number of amides is 1. The van der Waals surface area contributed by atoms with Crippen LogP contribution in [-0.2, 0) is 0 Å². The van der Waals surface area contributed by atoms with Crippen LogP contribution in [0.25, 0.3) is 0 Å². The van der Waals surface area contributed by atoms with E-state index in [9.17, 15) is 19.3 Å². The number of para-hydroxylation sites is 1. The Morgan fingerprint density at radius 3 is 2.77 bits per heavy atom. The molecule has 0 aliphatic carbocycles. The zero-order valence-electron chi connectivity index (χ0n) is 14.4. The van der Waals surface area contributed by atoms with Gasteiger partial charge < -0.3 is 10.2 Å². The molecule has 3 rings (SSSR count). The van der Waals surface area contributed by atoms with Gasteiger partial charge in [0.2, 0.25) is 0 Å². The molecule has 1 saturated heterocycles. The normalized spacial score (nSPS) is 17.0. The van der Waals surface area contributed by atoms with Crippen molar-refractivity contribution in [3.63, 3.8) is 0 Å². The molecule has 1 heterocycles. The van der Waals surface area contributed by atoms with Gasteiger partial charge in [0.15, 0.2) is 0 Å². The minimum Gasteiger partial charge on any atom is -0.366 e. The summed E-state index contributed by atoms with van der Waals surface area (Å²) in [6.45, 7) is 3.63. The molecule has 2 aromatic carbocycles. The Kier molecular flexibility index (Phi) is 5.16. The molecule has 1 N–H and O–H groups in total. The molecule has 136 valence electrons. The van der Waals surface area contributed by atoms with E-state index in [0.29, 0.717) is 11.6 Å². The van der Waals surface area contributed by atoms with Gasteiger partial charge in [-0.2, -0.15) is 0 Å². The van der Waals surface area contributed by atoms with Crippen LogP contribution in [0.3, 0.4) is 0 Å². The highest BCUT2D eigenvalue weighted by atomic mass is 19.1. The number of piperidine rings is 1. The lowest BCUT2D eigenvalue weighted by Crippen LogP contribution is -2.34. The second-order valence-corrected chi connectivity index (χ2v) is 6.59. The van der Waals surface area contributed by atoms with Gasteiger partial charge >= 0.3 is 0 Å². The first kappa shape index (κ1) is 17.8. The zero-order valence-corrected chi connectivity index (χ0v) is 14.4. The Bertz CT molecular complexity index is 841. The molecule has 7 heteroatoms. The second kappa shape index (κ2) is 7.51. The van der Waals surface area contributed by atoms with E-state index in [0.717, 1.165) is 25.9 Å². The maximum atomic E-state index is 13.7. The molecule has 1 aliphatic heterocycles. The minimum atomic E-state index is -0.586. The summed E-state index contributed by atoms with van der Waals surface area (Å²) in [4.78, 5) is 25.4. The van der Waals surface area contributed by atoms with Crippen molar-refractivity contribution >= 4 is 23.0 Å². The van der Waals surface area contributed by atoms with Crippen molar-refractivity contribution in [2.24, 2.45) is 5.92 Å². The van der Waals surface area contributed by atoms with E-state index in [2.05, 4.69) is 12.2 Å². The Labute approximate surface area is 150 Å². The fourth-order valence-corrected chi connectivity index (χ4v) is 3.24. The number of anilines is 2. The van der Waals surface area contributed by atoms with Gasteiger partial charge in [-0.05, 0) is 43.0 Å². The number of hydrogen-bond acceptors (Lipinski definition) is 4. The van der Waals surface area contributed by atoms with Crippen LogP contribution in [0.4, 0.5) is 21.5 Å². The summed E-state index contributed by atoms with van der Waals surface area (Å²) in [6, 6.07) is 10.2. The lowest BCUT2D eigenvalue weighted by molar-refractivity contribution is -0.384. The summed E-state index contributed by atoms with van der Waals surface area (Å²) >= 11 is 0. The molecule has 1 fully saturated rings. The number of rotatable bonds is 4. The number of halogens is 1. The summed E-state index contributed by atoms with van der Waals surface area (Å²) in [6.07, 6.45) is 2.08. The predicted molar refractivity (Wildman–Crippen MR) is 98.1 cm³/mol. The molecule has 0 aromatic heterocycles. The number of carbonyl (C=O) groups is 1. The van der Waals surface area contributed by atoms with E-state index in [-0.39, 0.29) is 16.9 Å². The first-order valence-electron chi connectivity index (χ1n) is 8.55. The van der Waals surface area contributed by atoms with Crippen LogP contribution in [0.2, 0.25) is 0 Å². The molecule has 1 amide bonds. The van der Waals surface area contributed by atoms with E-state index in [1.807, 2.05) is 4.90 Å². The third-order valence-corrected chi connectivity index (χ3v) is 4.55.